The number of carbonyl (C=O) groups excluding carboxylic acids is 1. The second-order valence-electron chi connectivity index (χ2n) is 5.41. The van der Waals surface area contributed by atoms with Gasteiger partial charge in [-0.2, -0.15) is 18.3 Å². The number of piperazine rings is 1. The lowest BCUT2D eigenvalue weighted by Gasteiger charge is -2.35. The van der Waals surface area contributed by atoms with Gasteiger partial charge in [-0.25, -0.2) is 9.97 Å². The van der Waals surface area contributed by atoms with Crippen molar-refractivity contribution in [3.05, 3.63) is 35.5 Å². The van der Waals surface area contributed by atoms with E-state index in [4.69, 9.17) is 0 Å². The Balaban J connectivity index is 1.71. The normalized spacial score (nSPS) is 15.7. The van der Waals surface area contributed by atoms with E-state index in [0.717, 1.165) is 6.07 Å². The van der Waals surface area contributed by atoms with Gasteiger partial charge in [0.25, 0.3) is 5.91 Å². The third kappa shape index (κ3) is 3.31. The van der Waals surface area contributed by atoms with E-state index in [1.165, 1.54) is 13.1 Å². The summed E-state index contributed by atoms with van der Waals surface area (Å²) in [5.41, 5.74) is -0.568. The zero-order valence-corrected chi connectivity index (χ0v) is 12.8. The highest BCUT2D eigenvalue weighted by Gasteiger charge is 2.34. The fourth-order valence-corrected chi connectivity index (χ4v) is 2.54. The first-order valence-corrected chi connectivity index (χ1v) is 7.31. The lowest BCUT2D eigenvalue weighted by molar-refractivity contribution is -0.141. The van der Waals surface area contributed by atoms with Crippen LogP contribution in [0.5, 0.6) is 0 Å². The van der Waals surface area contributed by atoms with Crippen molar-refractivity contribution < 1.29 is 18.0 Å². The van der Waals surface area contributed by atoms with Gasteiger partial charge in [-0.15, -0.1) is 0 Å². The number of nitrogens with zero attached hydrogens (tertiary/aromatic N) is 5. The Hall–Kier alpha value is -2.65. The number of amides is 1. The second-order valence-corrected chi connectivity index (χ2v) is 5.41. The first-order valence-electron chi connectivity index (χ1n) is 7.31. The highest BCUT2D eigenvalue weighted by Crippen LogP contribution is 2.29. The van der Waals surface area contributed by atoms with Gasteiger partial charge in [0, 0.05) is 38.4 Å². The predicted molar refractivity (Wildman–Crippen MR) is 78.5 cm³/mol. The molecule has 0 aliphatic carbocycles. The molecule has 0 saturated carbocycles. The second kappa shape index (κ2) is 6.10. The number of carbonyl (C=O) groups is 1. The molecule has 1 saturated heterocycles. The van der Waals surface area contributed by atoms with E-state index in [2.05, 4.69) is 20.2 Å². The molecule has 128 valence electrons. The number of rotatable bonds is 2. The van der Waals surface area contributed by atoms with Gasteiger partial charge >= 0.3 is 6.18 Å². The molecule has 1 aliphatic heterocycles. The summed E-state index contributed by atoms with van der Waals surface area (Å²) in [6.45, 7) is 3.00. The zero-order chi connectivity index (χ0) is 17.3. The van der Waals surface area contributed by atoms with E-state index in [9.17, 15) is 18.0 Å². The Kier molecular flexibility index (Phi) is 4.12. The van der Waals surface area contributed by atoms with E-state index >= 15 is 0 Å². The van der Waals surface area contributed by atoms with Crippen LogP contribution in [-0.2, 0) is 6.18 Å². The van der Waals surface area contributed by atoms with Crippen molar-refractivity contribution in [3.8, 4) is 0 Å². The Morgan fingerprint density at radius 2 is 1.92 bits per heavy atom. The van der Waals surface area contributed by atoms with Crippen molar-refractivity contribution in [2.24, 2.45) is 0 Å². The number of hydrogen-bond donors (Lipinski definition) is 1. The number of nitrogens with one attached hydrogen (secondary N) is 1. The lowest BCUT2D eigenvalue weighted by Crippen LogP contribution is -2.49. The summed E-state index contributed by atoms with van der Waals surface area (Å²) in [4.78, 5) is 23.1. The molecule has 0 radical (unpaired) electrons. The number of hydrogen-bond acceptors (Lipinski definition) is 5. The molecule has 24 heavy (non-hydrogen) atoms. The highest BCUT2D eigenvalue weighted by molar-refractivity contribution is 5.92. The van der Waals surface area contributed by atoms with Crippen molar-refractivity contribution >= 4 is 11.7 Å². The summed E-state index contributed by atoms with van der Waals surface area (Å²) in [5.74, 6) is 0.112. The van der Waals surface area contributed by atoms with Crippen molar-refractivity contribution in [2.75, 3.05) is 31.1 Å². The minimum absolute atomic E-state index is 0.0655. The van der Waals surface area contributed by atoms with Crippen LogP contribution >= 0.6 is 0 Å². The maximum absolute atomic E-state index is 12.9. The molecule has 1 amide bonds. The van der Waals surface area contributed by atoms with Crippen LogP contribution < -0.4 is 4.90 Å². The number of alkyl halides is 3. The fourth-order valence-electron chi connectivity index (χ4n) is 2.54. The van der Waals surface area contributed by atoms with Gasteiger partial charge in [-0.3, -0.25) is 9.89 Å². The summed E-state index contributed by atoms with van der Waals surface area (Å²) < 4.78 is 38.6. The first-order chi connectivity index (χ1) is 11.3. The van der Waals surface area contributed by atoms with Gasteiger partial charge in [0.2, 0.25) is 0 Å². The van der Waals surface area contributed by atoms with Crippen molar-refractivity contribution in [1.82, 2.24) is 25.1 Å². The van der Waals surface area contributed by atoms with Crippen LogP contribution in [0.2, 0.25) is 0 Å². The summed E-state index contributed by atoms with van der Waals surface area (Å²) in [6.07, 6.45) is -3.02. The van der Waals surface area contributed by atoms with Crippen LogP contribution in [-0.4, -0.2) is 57.2 Å². The molecule has 10 heteroatoms. The molecule has 2 aromatic heterocycles. The summed E-state index contributed by atoms with van der Waals surface area (Å²) >= 11 is 0. The SMILES string of the molecule is Cc1nc(N2CCN(C(=O)c3ccn[nH]3)CC2)cc(C(F)(F)F)n1. The van der Waals surface area contributed by atoms with Crippen molar-refractivity contribution in [2.45, 2.75) is 13.1 Å². The molecular formula is C14H15F3N6O. The molecule has 3 rings (SSSR count). The van der Waals surface area contributed by atoms with Gasteiger partial charge in [-0.05, 0) is 13.0 Å². The molecule has 0 unspecified atom stereocenters. The Bertz CT molecular complexity index is 723. The first kappa shape index (κ1) is 16.2. The monoisotopic (exact) mass is 340 g/mol. The van der Waals surface area contributed by atoms with Gasteiger partial charge < -0.3 is 9.80 Å². The molecule has 0 bridgehead atoms. The van der Waals surface area contributed by atoms with Gasteiger partial charge in [-0.1, -0.05) is 0 Å². The number of halogens is 3. The Morgan fingerprint density at radius 1 is 1.21 bits per heavy atom. The molecule has 0 spiro atoms. The minimum atomic E-state index is -4.51. The van der Waals surface area contributed by atoms with Crippen LogP contribution in [0.15, 0.2) is 18.3 Å². The van der Waals surface area contributed by atoms with Crippen LogP contribution in [0.4, 0.5) is 19.0 Å². The van der Waals surface area contributed by atoms with E-state index in [0.29, 0.717) is 31.9 Å². The lowest BCUT2D eigenvalue weighted by atomic mass is 10.2. The third-order valence-electron chi connectivity index (χ3n) is 3.74. The van der Waals surface area contributed by atoms with E-state index < -0.39 is 11.9 Å². The Labute approximate surface area is 135 Å². The van der Waals surface area contributed by atoms with Gasteiger partial charge in [0.05, 0.1) is 0 Å². The molecule has 1 aliphatic rings. The van der Waals surface area contributed by atoms with Crippen LogP contribution in [0.1, 0.15) is 22.0 Å². The smallest absolute Gasteiger partial charge is 0.353 e. The van der Waals surface area contributed by atoms with Crippen LogP contribution in [0.3, 0.4) is 0 Å². The number of aromatic nitrogens is 4. The van der Waals surface area contributed by atoms with E-state index in [1.54, 1.807) is 15.9 Å². The van der Waals surface area contributed by atoms with E-state index in [1.807, 2.05) is 0 Å². The minimum Gasteiger partial charge on any atom is -0.353 e. The zero-order valence-electron chi connectivity index (χ0n) is 12.8. The molecule has 2 aromatic rings. The molecule has 1 N–H and O–H groups in total. The summed E-state index contributed by atoms with van der Waals surface area (Å²) in [7, 11) is 0. The summed E-state index contributed by atoms with van der Waals surface area (Å²) in [6, 6.07) is 2.53. The average Bonchev–Trinajstić information content (AvgIpc) is 3.07. The van der Waals surface area contributed by atoms with Crippen molar-refractivity contribution in [3.63, 3.8) is 0 Å². The molecule has 3 heterocycles. The quantitative estimate of drug-likeness (QED) is 0.896. The third-order valence-corrected chi connectivity index (χ3v) is 3.74. The Morgan fingerprint density at radius 3 is 2.50 bits per heavy atom. The van der Waals surface area contributed by atoms with Crippen LogP contribution in [0.25, 0.3) is 0 Å². The topological polar surface area (TPSA) is 78.0 Å². The van der Waals surface area contributed by atoms with E-state index in [-0.39, 0.29) is 17.5 Å². The maximum Gasteiger partial charge on any atom is 0.433 e. The highest BCUT2D eigenvalue weighted by atomic mass is 19.4. The number of aromatic amines is 1. The number of aryl methyl sites for hydroxylation is 1. The van der Waals surface area contributed by atoms with Crippen molar-refractivity contribution in [1.29, 1.82) is 0 Å². The number of H-pyrrole nitrogens is 1. The molecular weight excluding hydrogens is 325 g/mol. The number of anilines is 1. The maximum atomic E-state index is 12.9. The summed E-state index contributed by atoms with van der Waals surface area (Å²) in [5, 5.41) is 6.34. The van der Waals surface area contributed by atoms with Crippen LogP contribution in [0, 0.1) is 6.92 Å². The standard InChI is InChI=1S/C14H15F3N6O/c1-9-19-11(14(15,16)17)8-12(20-9)22-4-6-23(7-5-22)13(24)10-2-3-18-21-10/h2-3,8H,4-7H2,1H3,(H,18,21). The fraction of sp³-hybridized carbons (Fsp3) is 0.429. The average molecular weight is 340 g/mol. The predicted octanol–water partition coefficient (Wildman–Crippen LogP) is 1.49. The van der Waals surface area contributed by atoms with Gasteiger partial charge in [0.1, 0.15) is 23.0 Å². The molecule has 1 fully saturated rings. The van der Waals surface area contributed by atoms with Gasteiger partial charge in [0.15, 0.2) is 0 Å². The molecule has 7 nitrogen and oxygen atoms in total. The molecule has 0 atom stereocenters. The molecule has 0 aromatic carbocycles. The largest absolute Gasteiger partial charge is 0.433 e.